The molecule has 1 atom stereocenters. The molecule has 0 saturated carbocycles. The van der Waals surface area contributed by atoms with Crippen LogP contribution in [0.2, 0.25) is 0 Å². The van der Waals surface area contributed by atoms with E-state index in [9.17, 15) is 19.7 Å². The van der Waals surface area contributed by atoms with Gasteiger partial charge in [-0.25, -0.2) is 4.79 Å². The van der Waals surface area contributed by atoms with E-state index in [1.54, 1.807) is 38.1 Å². The number of carbonyl (C=O) groups excluding carboxylic acids is 2. The first-order chi connectivity index (χ1) is 17.8. The Balaban J connectivity index is 1.82. The molecule has 0 bridgehead atoms. The van der Waals surface area contributed by atoms with E-state index < -0.39 is 16.8 Å². The molecule has 0 aromatic heterocycles. The summed E-state index contributed by atoms with van der Waals surface area (Å²) < 4.78 is 16.9. The predicted molar refractivity (Wildman–Crippen MR) is 140 cm³/mol. The molecular formula is C27H30N2O7S. The van der Waals surface area contributed by atoms with Crippen molar-refractivity contribution in [3.05, 3.63) is 98.5 Å². The Morgan fingerprint density at radius 3 is 2.41 bits per heavy atom. The SMILES string of the molecule is CC(=O)SCCOCCOC(=O)C1=C(C)NC(C)=C([N+](=O)[O-])C1c1ccccc1OCc1ccccc1. The van der Waals surface area contributed by atoms with E-state index in [0.717, 1.165) is 17.3 Å². The molecule has 0 amide bonds. The zero-order chi connectivity index (χ0) is 26.8. The minimum Gasteiger partial charge on any atom is -0.489 e. The molecule has 1 heterocycles. The molecule has 1 unspecified atom stereocenters. The van der Waals surface area contributed by atoms with Crippen LogP contribution < -0.4 is 10.1 Å². The van der Waals surface area contributed by atoms with Gasteiger partial charge in [-0.3, -0.25) is 14.9 Å². The minimum atomic E-state index is -0.997. The average Bonchev–Trinajstić information content (AvgIpc) is 2.86. The molecule has 196 valence electrons. The topological polar surface area (TPSA) is 117 Å². The summed E-state index contributed by atoms with van der Waals surface area (Å²) in [6.07, 6.45) is 0. The number of allylic oxidation sites excluding steroid dienone is 3. The van der Waals surface area contributed by atoms with Crippen molar-refractivity contribution in [3.63, 3.8) is 0 Å². The number of nitro groups is 1. The molecule has 9 nitrogen and oxygen atoms in total. The average molecular weight is 527 g/mol. The number of hydrogen-bond donors (Lipinski definition) is 1. The number of nitrogens with one attached hydrogen (secondary N) is 1. The van der Waals surface area contributed by atoms with E-state index in [0.29, 0.717) is 35.1 Å². The van der Waals surface area contributed by atoms with Crippen molar-refractivity contribution < 1.29 is 28.7 Å². The van der Waals surface area contributed by atoms with Gasteiger partial charge in [0.2, 0.25) is 0 Å². The highest BCUT2D eigenvalue weighted by molar-refractivity contribution is 8.13. The monoisotopic (exact) mass is 526 g/mol. The summed E-state index contributed by atoms with van der Waals surface area (Å²) in [5, 5.41) is 15.1. The highest BCUT2D eigenvalue weighted by Gasteiger charge is 2.42. The minimum absolute atomic E-state index is 0.00579. The van der Waals surface area contributed by atoms with Crippen LogP contribution in [-0.4, -0.2) is 41.6 Å². The quantitative estimate of drug-likeness (QED) is 0.184. The third kappa shape index (κ3) is 7.68. The Hall–Kier alpha value is -3.63. The molecule has 0 aliphatic carbocycles. The molecule has 1 aliphatic rings. The van der Waals surface area contributed by atoms with Gasteiger partial charge in [0.05, 0.1) is 29.4 Å². The van der Waals surface area contributed by atoms with Gasteiger partial charge in [-0.2, -0.15) is 0 Å². The summed E-state index contributed by atoms with van der Waals surface area (Å²) in [6, 6.07) is 16.6. The number of ether oxygens (including phenoxy) is 3. The summed E-state index contributed by atoms with van der Waals surface area (Å²) in [7, 11) is 0. The van der Waals surface area contributed by atoms with E-state index in [-0.39, 0.29) is 36.2 Å². The summed E-state index contributed by atoms with van der Waals surface area (Å²) in [4.78, 5) is 35.9. The number of rotatable bonds is 12. The van der Waals surface area contributed by atoms with Crippen LogP contribution in [0.4, 0.5) is 0 Å². The first-order valence-corrected chi connectivity index (χ1v) is 12.7. The lowest BCUT2D eigenvalue weighted by atomic mass is 9.83. The lowest BCUT2D eigenvalue weighted by Crippen LogP contribution is -2.32. The number of esters is 1. The summed E-state index contributed by atoms with van der Waals surface area (Å²) in [5.41, 5.74) is 2.24. The lowest BCUT2D eigenvalue weighted by molar-refractivity contribution is -0.431. The molecule has 0 spiro atoms. The van der Waals surface area contributed by atoms with E-state index >= 15 is 0 Å². The van der Waals surface area contributed by atoms with E-state index in [4.69, 9.17) is 14.2 Å². The Labute approximate surface area is 220 Å². The van der Waals surface area contributed by atoms with E-state index in [2.05, 4.69) is 5.32 Å². The molecule has 1 N–H and O–H groups in total. The highest BCUT2D eigenvalue weighted by Crippen LogP contribution is 2.42. The number of benzene rings is 2. The number of dihydropyridines is 1. The molecule has 0 saturated heterocycles. The molecule has 2 aromatic rings. The Bertz CT molecular complexity index is 1190. The van der Waals surface area contributed by atoms with Crippen molar-refractivity contribution in [2.45, 2.75) is 33.3 Å². The Kier molecular flexibility index (Phi) is 10.3. The molecule has 2 aromatic carbocycles. The van der Waals surface area contributed by atoms with E-state index in [1.807, 2.05) is 30.3 Å². The van der Waals surface area contributed by atoms with Gasteiger partial charge >= 0.3 is 5.97 Å². The number of para-hydroxylation sites is 1. The van der Waals surface area contributed by atoms with Crippen LogP contribution in [0.3, 0.4) is 0 Å². The molecule has 37 heavy (non-hydrogen) atoms. The zero-order valence-electron chi connectivity index (χ0n) is 21.0. The van der Waals surface area contributed by atoms with Crippen molar-refractivity contribution in [3.8, 4) is 5.75 Å². The summed E-state index contributed by atoms with van der Waals surface area (Å²) in [5.74, 6) is -0.727. The molecule has 0 radical (unpaired) electrons. The number of nitrogens with zero attached hydrogens (tertiary/aromatic N) is 1. The molecule has 10 heteroatoms. The van der Waals surface area contributed by atoms with Gasteiger partial charge < -0.3 is 19.5 Å². The number of hydrogen-bond acceptors (Lipinski definition) is 9. The van der Waals surface area contributed by atoms with Gasteiger partial charge in [0.25, 0.3) is 5.70 Å². The van der Waals surface area contributed by atoms with Gasteiger partial charge in [0.1, 0.15) is 24.9 Å². The molecule has 1 aliphatic heterocycles. The maximum atomic E-state index is 13.2. The lowest BCUT2D eigenvalue weighted by Gasteiger charge is -2.27. The maximum Gasteiger partial charge on any atom is 0.337 e. The molecule has 3 rings (SSSR count). The van der Waals surface area contributed by atoms with Gasteiger partial charge in [0, 0.05) is 23.9 Å². The Morgan fingerprint density at radius 2 is 1.70 bits per heavy atom. The maximum absolute atomic E-state index is 13.2. The largest absolute Gasteiger partial charge is 0.489 e. The number of carbonyl (C=O) groups is 2. The second kappa shape index (κ2) is 13.6. The predicted octanol–water partition coefficient (Wildman–Crippen LogP) is 4.57. The first-order valence-electron chi connectivity index (χ1n) is 11.8. The van der Waals surface area contributed by atoms with Crippen LogP contribution in [0.15, 0.2) is 77.3 Å². The highest BCUT2D eigenvalue weighted by atomic mass is 32.2. The standard InChI is InChI=1S/C27H30N2O7S/c1-18-24(27(31)35-14-13-34-15-16-37-20(3)30)25(26(29(32)33)19(2)28-18)22-11-7-8-12-23(22)36-17-21-9-5-4-6-10-21/h4-12,25,28H,13-17H2,1-3H3. The third-order valence-corrected chi connectivity index (χ3v) is 6.38. The van der Waals surface area contributed by atoms with Crippen LogP contribution in [0.5, 0.6) is 5.75 Å². The summed E-state index contributed by atoms with van der Waals surface area (Å²) in [6.45, 7) is 5.49. The smallest absolute Gasteiger partial charge is 0.337 e. The van der Waals surface area contributed by atoms with Gasteiger partial charge in [-0.15, -0.1) is 0 Å². The number of thioether (sulfide) groups is 1. The van der Waals surface area contributed by atoms with Crippen LogP contribution in [0.1, 0.15) is 37.8 Å². The Morgan fingerprint density at radius 1 is 1.00 bits per heavy atom. The fourth-order valence-electron chi connectivity index (χ4n) is 4.00. The third-order valence-electron chi connectivity index (χ3n) is 5.60. The van der Waals surface area contributed by atoms with Crippen LogP contribution in [-0.2, 0) is 25.7 Å². The van der Waals surface area contributed by atoms with Gasteiger partial charge in [-0.05, 0) is 25.5 Å². The molecular weight excluding hydrogens is 496 g/mol. The van der Waals surface area contributed by atoms with Gasteiger partial charge in [0.15, 0.2) is 5.12 Å². The fourth-order valence-corrected chi connectivity index (χ4v) is 4.49. The fraction of sp³-hybridized carbons (Fsp3) is 0.333. The van der Waals surface area contributed by atoms with Crippen LogP contribution in [0.25, 0.3) is 0 Å². The zero-order valence-corrected chi connectivity index (χ0v) is 21.8. The van der Waals surface area contributed by atoms with Crippen molar-refractivity contribution in [2.24, 2.45) is 0 Å². The summed E-state index contributed by atoms with van der Waals surface area (Å²) >= 11 is 1.16. The van der Waals surface area contributed by atoms with Crippen LogP contribution in [0, 0.1) is 10.1 Å². The van der Waals surface area contributed by atoms with Crippen molar-refractivity contribution in [1.29, 1.82) is 0 Å². The first kappa shape index (κ1) is 27.9. The van der Waals surface area contributed by atoms with Crippen LogP contribution >= 0.6 is 11.8 Å². The van der Waals surface area contributed by atoms with Crippen molar-refractivity contribution in [1.82, 2.24) is 5.32 Å². The van der Waals surface area contributed by atoms with Gasteiger partial charge in [-0.1, -0.05) is 60.3 Å². The van der Waals surface area contributed by atoms with Crippen molar-refractivity contribution >= 4 is 22.8 Å². The second-order valence-electron chi connectivity index (χ2n) is 8.26. The normalized spacial score (nSPS) is 15.3. The van der Waals surface area contributed by atoms with E-state index in [1.165, 1.54) is 6.92 Å². The molecule has 0 fully saturated rings. The van der Waals surface area contributed by atoms with Crippen molar-refractivity contribution in [2.75, 3.05) is 25.6 Å². The second-order valence-corrected chi connectivity index (χ2v) is 9.54.